The van der Waals surface area contributed by atoms with E-state index in [-0.39, 0.29) is 22.7 Å². The van der Waals surface area contributed by atoms with Crippen LogP contribution in [-0.2, 0) is 0 Å². The van der Waals surface area contributed by atoms with Gasteiger partial charge in [-0.05, 0) is 11.8 Å². The highest BCUT2D eigenvalue weighted by Crippen LogP contribution is 2.26. The van der Waals surface area contributed by atoms with E-state index < -0.39 is 0 Å². The Balaban J connectivity index is 2.31. The molecule has 0 aliphatic carbocycles. The van der Waals surface area contributed by atoms with E-state index in [1.807, 2.05) is 0 Å². The zero-order valence-electron chi connectivity index (χ0n) is 8.46. The van der Waals surface area contributed by atoms with Crippen LogP contribution in [-0.4, -0.2) is 19.9 Å². The molecule has 2 aromatic heterocycles. The second-order valence-electron chi connectivity index (χ2n) is 2.99. The summed E-state index contributed by atoms with van der Waals surface area (Å²) >= 11 is 6.89. The van der Waals surface area contributed by atoms with Crippen molar-refractivity contribution in [2.75, 3.05) is 17.2 Å². The van der Waals surface area contributed by atoms with Gasteiger partial charge in [0, 0.05) is 12.1 Å². The molecule has 6 N–H and O–H groups in total. The van der Waals surface area contributed by atoms with Crippen LogP contribution >= 0.6 is 23.4 Å². The van der Waals surface area contributed by atoms with Crippen LogP contribution in [0.25, 0.3) is 0 Å². The van der Waals surface area contributed by atoms with E-state index in [0.29, 0.717) is 10.2 Å². The molecule has 2 aromatic rings. The Morgan fingerprint density at radius 1 is 0.941 bits per heavy atom. The van der Waals surface area contributed by atoms with E-state index in [9.17, 15) is 0 Å². The molecule has 0 unspecified atom stereocenters. The van der Waals surface area contributed by atoms with Crippen molar-refractivity contribution < 1.29 is 0 Å². The molecule has 0 aromatic carbocycles. The lowest BCUT2D eigenvalue weighted by Gasteiger charge is -2.02. The van der Waals surface area contributed by atoms with Crippen molar-refractivity contribution in [3.05, 3.63) is 17.3 Å². The molecule has 2 heterocycles. The fraction of sp³-hybridized carbons (Fsp3) is 0. The van der Waals surface area contributed by atoms with Gasteiger partial charge in [-0.2, -0.15) is 0 Å². The van der Waals surface area contributed by atoms with Crippen molar-refractivity contribution in [3.8, 4) is 0 Å². The van der Waals surface area contributed by atoms with Crippen LogP contribution < -0.4 is 17.2 Å². The Kier molecular flexibility index (Phi) is 3.16. The van der Waals surface area contributed by atoms with E-state index in [0.717, 1.165) is 11.8 Å². The molecule has 0 aliphatic rings. The van der Waals surface area contributed by atoms with E-state index >= 15 is 0 Å². The largest absolute Gasteiger partial charge is 0.383 e. The number of aromatic nitrogens is 4. The normalized spacial score (nSPS) is 10.4. The fourth-order valence-corrected chi connectivity index (χ4v) is 2.12. The highest BCUT2D eigenvalue weighted by Gasteiger charge is 2.07. The van der Waals surface area contributed by atoms with Crippen LogP contribution in [0.5, 0.6) is 0 Å². The second kappa shape index (κ2) is 4.60. The van der Waals surface area contributed by atoms with E-state index in [2.05, 4.69) is 19.9 Å². The molecule has 9 heteroatoms. The first kappa shape index (κ1) is 11.7. The van der Waals surface area contributed by atoms with Gasteiger partial charge >= 0.3 is 0 Å². The number of rotatable bonds is 2. The van der Waals surface area contributed by atoms with Crippen LogP contribution in [0.2, 0.25) is 5.15 Å². The first-order chi connectivity index (χ1) is 8.02. The average Bonchev–Trinajstić information content (AvgIpc) is 2.13. The lowest BCUT2D eigenvalue weighted by atomic mass is 10.5. The predicted octanol–water partition coefficient (Wildman–Crippen LogP) is 0.818. The maximum atomic E-state index is 5.74. The van der Waals surface area contributed by atoms with Gasteiger partial charge in [0.1, 0.15) is 21.8 Å². The van der Waals surface area contributed by atoms with Crippen molar-refractivity contribution in [3.63, 3.8) is 0 Å². The Hall–Kier alpha value is -1.80. The molecule has 7 nitrogen and oxygen atoms in total. The van der Waals surface area contributed by atoms with Gasteiger partial charge in [0.2, 0.25) is 5.95 Å². The number of nitrogen functional groups attached to an aromatic ring is 3. The van der Waals surface area contributed by atoms with Crippen molar-refractivity contribution in [2.45, 2.75) is 10.2 Å². The molecule has 2 rings (SSSR count). The van der Waals surface area contributed by atoms with Gasteiger partial charge < -0.3 is 17.2 Å². The fourth-order valence-electron chi connectivity index (χ4n) is 1.07. The second-order valence-corrected chi connectivity index (χ2v) is 4.36. The standard InChI is InChI=1S/C8H8ClN7S/c9-3-1-6(16-7(12)13-3)17-8-14-4(10)2-5(11)15-8/h1-2H,(H2,12,13,16)(H4,10,11,14,15). The van der Waals surface area contributed by atoms with E-state index in [4.69, 9.17) is 28.8 Å². The van der Waals surface area contributed by atoms with Gasteiger partial charge in [-0.3, -0.25) is 0 Å². The number of nitrogens with two attached hydrogens (primary N) is 3. The molecule has 0 atom stereocenters. The number of halogens is 1. The topological polar surface area (TPSA) is 130 Å². The zero-order valence-corrected chi connectivity index (χ0v) is 10.0. The number of nitrogens with zero attached hydrogens (tertiary/aromatic N) is 4. The van der Waals surface area contributed by atoms with Gasteiger partial charge in [0.15, 0.2) is 5.16 Å². The minimum atomic E-state index is 0.0804. The maximum absolute atomic E-state index is 5.74. The van der Waals surface area contributed by atoms with Crippen molar-refractivity contribution in [1.29, 1.82) is 0 Å². The van der Waals surface area contributed by atoms with Gasteiger partial charge in [0.05, 0.1) is 0 Å². The van der Waals surface area contributed by atoms with Gasteiger partial charge in [-0.15, -0.1) is 0 Å². The van der Waals surface area contributed by atoms with Crippen molar-refractivity contribution in [1.82, 2.24) is 19.9 Å². The summed E-state index contributed by atoms with van der Waals surface area (Å²) < 4.78 is 0. The Morgan fingerprint density at radius 3 is 2.18 bits per heavy atom. The molecule has 0 amide bonds. The van der Waals surface area contributed by atoms with Gasteiger partial charge in [-0.1, -0.05) is 11.6 Å². The number of anilines is 3. The van der Waals surface area contributed by atoms with E-state index in [1.54, 1.807) is 6.07 Å². The van der Waals surface area contributed by atoms with Crippen LogP contribution in [0, 0.1) is 0 Å². The van der Waals surface area contributed by atoms with Crippen molar-refractivity contribution >= 4 is 40.9 Å². The van der Waals surface area contributed by atoms with Gasteiger partial charge in [-0.25, -0.2) is 19.9 Å². The third-order valence-electron chi connectivity index (χ3n) is 1.63. The molecule has 0 spiro atoms. The predicted molar refractivity (Wildman–Crippen MR) is 66.4 cm³/mol. The molecule has 0 radical (unpaired) electrons. The summed E-state index contributed by atoms with van der Waals surface area (Å²) in [7, 11) is 0. The molecular weight excluding hydrogens is 262 g/mol. The first-order valence-electron chi connectivity index (χ1n) is 4.41. The monoisotopic (exact) mass is 269 g/mol. The summed E-state index contributed by atoms with van der Waals surface area (Å²) in [6.07, 6.45) is 0. The molecule has 0 bridgehead atoms. The molecule has 0 fully saturated rings. The summed E-state index contributed by atoms with van der Waals surface area (Å²) in [5.74, 6) is 0.651. The molecule has 0 saturated carbocycles. The Morgan fingerprint density at radius 2 is 1.59 bits per heavy atom. The Bertz CT molecular complexity index is 472. The third kappa shape index (κ3) is 3.08. The van der Waals surface area contributed by atoms with Crippen LogP contribution in [0.15, 0.2) is 22.3 Å². The smallest absolute Gasteiger partial charge is 0.222 e. The summed E-state index contributed by atoms with van der Waals surface area (Å²) in [6, 6.07) is 3.01. The zero-order chi connectivity index (χ0) is 12.4. The minimum absolute atomic E-state index is 0.0804. The average molecular weight is 270 g/mol. The minimum Gasteiger partial charge on any atom is -0.383 e. The number of hydrogen-bond donors (Lipinski definition) is 3. The summed E-state index contributed by atoms with van der Waals surface area (Å²) in [6.45, 7) is 0. The van der Waals surface area contributed by atoms with E-state index in [1.165, 1.54) is 6.07 Å². The first-order valence-corrected chi connectivity index (χ1v) is 5.60. The van der Waals surface area contributed by atoms with Gasteiger partial charge in [0.25, 0.3) is 0 Å². The lowest BCUT2D eigenvalue weighted by molar-refractivity contribution is 0.973. The SMILES string of the molecule is Nc1cc(N)nc(Sc2cc(Cl)nc(N)n2)n1. The summed E-state index contributed by atoms with van der Waals surface area (Å²) in [5, 5.41) is 1.14. The third-order valence-corrected chi connectivity index (χ3v) is 2.61. The quantitative estimate of drug-likeness (QED) is 0.539. The highest BCUT2D eigenvalue weighted by atomic mass is 35.5. The maximum Gasteiger partial charge on any atom is 0.222 e. The molecule has 17 heavy (non-hydrogen) atoms. The molecular formula is C8H8ClN7S. The van der Waals surface area contributed by atoms with Crippen LogP contribution in [0.1, 0.15) is 0 Å². The molecule has 88 valence electrons. The molecule has 0 aliphatic heterocycles. The summed E-state index contributed by atoms with van der Waals surface area (Å²) in [4.78, 5) is 15.7. The Labute approximate surface area is 106 Å². The van der Waals surface area contributed by atoms with Crippen LogP contribution in [0.4, 0.5) is 17.6 Å². The van der Waals surface area contributed by atoms with Crippen molar-refractivity contribution in [2.24, 2.45) is 0 Å². The lowest BCUT2D eigenvalue weighted by Crippen LogP contribution is -2.00. The van der Waals surface area contributed by atoms with Crippen LogP contribution in [0.3, 0.4) is 0 Å². The molecule has 0 saturated heterocycles. The summed E-state index contributed by atoms with van der Waals surface area (Å²) in [5.41, 5.74) is 16.6. The highest BCUT2D eigenvalue weighted by molar-refractivity contribution is 7.99. The number of hydrogen-bond acceptors (Lipinski definition) is 8.